The average Bonchev–Trinajstić information content (AvgIpc) is 2.88. The van der Waals surface area contributed by atoms with Gasteiger partial charge < -0.3 is 0 Å². The van der Waals surface area contributed by atoms with Crippen molar-refractivity contribution in [3.8, 4) is 11.1 Å². The lowest BCUT2D eigenvalue weighted by atomic mass is 10.0. The van der Waals surface area contributed by atoms with E-state index in [0.29, 0.717) is 4.47 Å². The zero-order valence-electron chi connectivity index (χ0n) is 16.8. The van der Waals surface area contributed by atoms with Crippen LogP contribution in [0.25, 0.3) is 21.2 Å². The van der Waals surface area contributed by atoms with Crippen molar-refractivity contribution < 1.29 is 12.3 Å². The van der Waals surface area contributed by atoms with Gasteiger partial charge in [0.05, 0.1) is 12.3 Å². The van der Waals surface area contributed by atoms with Crippen molar-refractivity contribution in [3.05, 3.63) is 58.2 Å². The summed E-state index contributed by atoms with van der Waals surface area (Å²) in [5.74, 6) is 0. The van der Waals surface area contributed by atoms with E-state index < -0.39 is 36.3 Å². The molecular weight excluding hydrogens is 280 g/mol. The molecule has 0 aliphatic rings. The van der Waals surface area contributed by atoms with E-state index in [1.165, 1.54) is 0 Å². The topological polar surface area (TPSA) is 0 Å². The minimum atomic E-state index is -0.563. The second-order valence-electron chi connectivity index (χ2n) is 2.97. The minimum absolute atomic E-state index is 0.0922. The van der Waals surface area contributed by atoms with Crippen LogP contribution < -0.4 is 0 Å². The smallest absolute Gasteiger partial charge is 0.0752 e. The van der Waals surface area contributed by atoms with Crippen LogP contribution in [0.3, 0.4) is 0 Å². The first-order valence-electron chi connectivity index (χ1n) is 8.85. The fourth-order valence-corrected chi connectivity index (χ4v) is 2.60. The summed E-state index contributed by atoms with van der Waals surface area (Å²) < 4.78 is 72.5. The maximum absolute atomic E-state index is 8.41. The Kier molecular flexibility index (Phi) is 1.08. The molecule has 0 unspecified atom stereocenters. The van der Waals surface area contributed by atoms with Crippen LogP contribution in [0.15, 0.2) is 58.2 Å². The third-order valence-electron chi connectivity index (χ3n) is 1.99. The molecule has 3 rings (SSSR count). The summed E-state index contributed by atoms with van der Waals surface area (Å²) in [4.78, 5) is 0. The Balaban J connectivity index is 2.57. The zero-order valence-corrected chi connectivity index (χ0v) is 10.2. The van der Waals surface area contributed by atoms with E-state index in [1.807, 2.05) is 0 Å². The third kappa shape index (κ3) is 1.68. The normalized spacial score (nSPS) is 18.7. The van der Waals surface area contributed by atoms with Gasteiger partial charge in [0, 0.05) is 19.9 Å². The first kappa shape index (κ1) is 4.28. The van der Waals surface area contributed by atoms with Crippen LogP contribution in [0, 0.1) is 0 Å². The molecule has 3 aromatic rings. The molecule has 0 atom stereocenters. The van der Waals surface area contributed by atoms with Gasteiger partial charge in [0.2, 0.25) is 0 Å². The molecule has 0 N–H and O–H groups in total. The van der Waals surface area contributed by atoms with Gasteiger partial charge in [-0.1, -0.05) is 36.3 Å². The molecule has 16 heavy (non-hydrogen) atoms. The van der Waals surface area contributed by atoms with Crippen molar-refractivity contribution in [2.75, 3.05) is 0 Å². The van der Waals surface area contributed by atoms with Gasteiger partial charge in [0.1, 0.15) is 0 Å². The molecule has 0 nitrogen and oxygen atoms in total. The number of benzene rings is 2. The zero-order chi connectivity index (χ0) is 18.8. The fraction of sp³-hybridized carbons (Fsp3) is 0. The SMILES string of the molecule is [2H]c1sc2c([2H])c([2H])c(-c3c([2H])c([2H])c([2H])c([2H])c3[2H])c([2H])c2c1Br. The van der Waals surface area contributed by atoms with Crippen molar-refractivity contribution in [3.63, 3.8) is 0 Å². The summed E-state index contributed by atoms with van der Waals surface area (Å²) in [7, 11) is 0. The number of thiophene rings is 1. The Morgan fingerprint density at radius 3 is 2.62 bits per heavy atom. The molecule has 0 bridgehead atoms. The highest BCUT2D eigenvalue weighted by Crippen LogP contribution is 2.33. The van der Waals surface area contributed by atoms with Crippen LogP contribution in [-0.4, -0.2) is 0 Å². The van der Waals surface area contributed by atoms with Gasteiger partial charge >= 0.3 is 0 Å². The summed E-state index contributed by atoms with van der Waals surface area (Å²) >= 11 is 4.15. The predicted molar refractivity (Wildman–Crippen MR) is 75.0 cm³/mol. The highest BCUT2D eigenvalue weighted by atomic mass is 79.9. The molecule has 0 aliphatic carbocycles. The van der Waals surface area contributed by atoms with Crippen LogP contribution in [-0.2, 0) is 0 Å². The van der Waals surface area contributed by atoms with E-state index in [1.54, 1.807) is 0 Å². The van der Waals surface area contributed by atoms with E-state index in [-0.39, 0.29) is 38.7 Å². The number of fused-ring (bicyclic) bond motifs is 1. The summed E-state index contributed by atoms with van der Waals surface area (Å²) in [5, 5.41) is 0.326. The number of hydrogen-bond acceptors (Lipinski definition) is 1. The van der Waals surface area contributed by atoms with E-state index in [4.69, 9.17) is 12.3 Å². The summed E-state index contributed by atoms with van der Waals surface area (Å²) in [6.45, 7) is 0. The van der Waals surface area contributed by atoms with Crippen molar-refractivity contribution in [1.82, 2.24) is 0 Å². The first-order valence-corrected chi connectivity index (χ1v) is 5.96. The van der Waals surface area contributed by atoms with Crippen LogP contribution in [0.4, 0.5) is 0 Å². The van der Waals surface area contributed by atoms with Crippen molar-refractivity contribution in [1.29, 1.82) is 0 Å². The predicted octanol–water partition coefficient (Wildman–Crippen LogP) is 5.33. The van der Waals surface area contributed by atoms with Crippen LogP contribution in [0.5, 0.6) is 0 Å². The van der Waals surface area contributed by atoms with Crippen molar-refractivity contribution in [2.45, 2.75) is 0 Å². The van der Waals surface area contributed by atoms with E-state index in [0.717, 1.165) is 11.3 Å². The Bertz CT molecular complexity index is 1030. The molecule has 1 heterocycles. The monoisotopic (exact) mass is 297 g/mol. The van der Waals surface area contributed by atoms with E-state index in [2.05, 4.69) is 15.9 Å². The molecule has 0 fully saturated rings. The van der Waals surface area contributed by atoms with E-state index >= 15 is 0 Å². The largest absolute Gasteiger partial charge is 0.143 e. The van der Waals surface area contributed by atoms with Crippen molar-refractivity contribution >= 4 is 37.4 Å². The standard InChI is InChI=1S/C14H9BrS/c15-13-9-16-14-7-6-11(8-12(13)14)10-4-2-1-3-5-10/h1-9H/i1D,2D,3D,4D,5D,6D,7D,8D,9D. The van der Waals surface area contributed by atoms with Gasteiger partial charge in [-0.2, -0.15) is 0 Å². The molecule has 78 valence electrons. The lowest BCUT2D eigenvalue weighted by molar-refractivity contribution is 1.65. The lowest BCUT2D eigenvalue weighted by Crippen LogP contribution is -1.76. The summed E-state index contributed by atoms with van der Waals surface area (Å²) in [6.07, 6.45) is 0. The molecule has 0 radical (unpaired) electrons. The van der Waals surface area contributed by atoms with Gasteiger partial charge in [-0.25, -0.2) is 0 Å². The van der Waals surface area contributed by atoms with Gasteiger partial charge in [-0.05, 0) is 39.1 Å². The molecule has 2 heteroatoms. The molecule has 0 spiro atoms. The minimum Gasteiger partial charge on any atom is -0.143 e. The van der Waals surface area contributed by atoms with Crippen LogP contribution in [0.1, 0.15) is 12.3 Å². The molecule has 0 saturated heterocycles. The van der Waals surface area contributed by atoms with Crippen LogP contribution >= 0.6 is 27.3 Å². The number of rotatable bonds is 1. The Morgan fingerprint density at radius 2 is 1.81 bits per heavy atom. The Hall–Kier alpha value is -1.12. The van der Waals surface area contributed by atoms with Gasteiger partial charge in [-0.15, -0.1) is 11.3 Å². The second-order valence-corrected chi connectivity index (χ2v) is 4.58. The highest BCUT2D eigenvalue weighted by molar-refractivity contribution is 9.10. The Morgan fingerprint density at radius 1 is 1.00 bits per heavy atom. The molecule has 0 amide bonds. The maximum atomic E-state index is 8.41. The number of hydrogen-bond donors (Lipinski definition) is 0. The van der Waals surface area contributed by atoms with Crippen LogP contribution in [0.2, 0.25) is 0 Å². The lowest BCUT2D eigenvalue weighted by Gasteiger charge is -2.01. The highest BCUT2D eigenvalue weighted by Gasteiger charge is 2.03. The average molecular weight is 298 g/mol. The molecule has 1 aromatic heterocycles. The van der Waals surface area contributed by atoms with E-state index in [9.17, 15) is 0 Å². The number of halogens is 1. The summed E-state index contributed by atoms with van der Waals surface area (Å²) in [5.41, 5.74) is -0.478. The third-order valence-corrected chi connectivity index (χ3v) is 3.66. The van der Waals surface area contributed by atoms with Gasteiger partial charge in [-0.3, -0.25) is 0 Å². The first-order chi connectivity index (χ1) is 11.6. The second kappa shape index (κ2) is 4.04. The molecular formula is C14H9BrS. The quantitative estimate of drug-likeness (QED) is 0.569. The summed E-state index contributed by atoms with van der Waals surface area (Å²) in [6, 6.07) is -3.61. The molecule has 2 aromatic carbocycles. The van der Waals surface area contributed by atoms with Crippen molar-refractivity contribution in [2.24, 2.45) is 0 Å². The molecule has 0 aliphatic heterocycles. The van der Waals surface area contributed by atoms with Gasteiger partial charge in [0.15, 0.2) is 0 Å². The van der Waals surface area contributed by atoms with Gasteiger partial charge in [0.25, 0.3) is 0 Å². The molecule has 0 saturated carbocycles. The fourth-order valence-electron chi connectivity index (χ4n) is 1.27. The Labute approximate surface area is 119 Å². The maximum Gasteiger partial charge on any atom is 0.0752 e.